The second-order valence-corrected chi connectivity index (χ2v) is 3.53. The van der Waals surface area contributed by atoms with Crippen molar-refractivity contribution in [3.8, 4) is 17.3 Å². The van der Waals surface area contributed by atoms with Gasteiger partial charge in [-0.25, -0.2) is 0 Å². The van der Waals surface area contributed by atoms with Crippen molar-refractivity contribution < 1.29 is 4.79 Å². The van der Waals surface area contributed by atoms with Crippen LogP contribution in [0.15, 0.2) is 36.8 Å². The minimum atomic E-state index is -0.407. The molecule has 0 aliphatic heterocycles. The summed E-state index contributed by atoms with van der Waals surface area (Å²) in [7, 11) is 1.76. The van der Waals surface area contributed by atoms with Crippen LogP contribution in [-0.4, -0.2) is 15.5 Å². The van der Waals surface area contributed by atoms with Crippen molar-refractivity contribution in [3.05, 3.63) is 42.5 Å². The van der Waals surface area contributed by atoms with E-state index in [0.29, 0.717) is 5.69 Å². The van der Waals surface area contributed by atoms with Crippen LogP contribution >= 0.6 is 0 Å². The minimum absolute atomic E-state index is 0.407. The molecule has 0 fully saturated rings. The molecule has 0 spiro atoms. The van der Waals surface area contributed by atoms with Gasteiger partial charge >= 0.3 is 0 Å². The second-order valence-electron chi connectivity index (χ2n) is 3.53. The van der Waals surface area contributed by atoms with Crippen molar-refractivity contribution in [1.29, 1.82) is 5.26 Å². The fraction of sp³-hybridized carbons (Fsp3) is 0.0833. The molecule has 1 N–H and O–H groups in total. The number of amides is 1. The van der Waals surface area contributed by atoms with E-state index in [1.165, 1.54) is 0 Å². The molecular formula is C12H10N4O. The van der Waals surface area contributed by atoms with Gasteiger partial charge in [-0.05, 0) is 23.8 Å². The van der Waals surface area contributed by atoms with Gasteiger partial charge in [0.25, 0.3) is 5.91 Å². The van der Waals surface area contributed by atoms with Crippen molar-refractivity contribution in [2.24, 2.45) is 7.05 Å². The summed E-state index contributed by atoms with van der Waals surface area (Å²) >= 11 is 0. The molecule has 84 valence electrons. The summed E-state index contributed by atoms with van der Waals surface area (Å²) in [6.07, 6.45) is 6.84. The van der Waals surface area contributed by atoms with E-state index < -0.39 is 5.91 Å². The zero-order chi connectivity index (χ0) is 12.3. The Kier molecular flexibility index (Phi) is 2.88. The first kappa shape index (κ1) is 10.9. The van der Waals surface area contributed by atoms with Crippen molar-refractivity contribution >= 4 is 5.91 Å². The lowest BCUT2D eigenvalue weighted by atomic mass is 10.1. The van der Waals surface area contributed by atoms with Gasteiger partial charge < -0.3 is 4.57 Å². The number of carbonyl (C=O) groups is 1. The number of rotatable bonds is 2. The first-order chi connectivity index (χ1) is 8.22. The highest BCUT2D eigenvalue weighted by molar-refractivity contribution is 5.95. The molecule has 5 nitrogen and oxygen atoms in total. The van der Waals surface area contributed by atoms with Gasteiger partial charge in [0.05, 0.1) is 0 Å². The highest BCUT2D eigenvalue weighted by Gasteiger charge is 2.11. The van der Waals surface area contributed by atoms with Gasteiger partial charge in [-0.1, -0.05) is 0 Å². The monoisotopic (exact) mass is 226 g/mol. The van der Waals surface area contributed by atoms with Crippen molar-refractivity contribution in [2.75, 3.05) is 0 Å². The Morgan fingerprint density at radius 1 is 1.41 bits per heavy atom. The third kappa shape index (κ3) is 2.16. The van der Waals surface area contributed by atoms with Crippen LogP contribution in [0.5, 0.6) is 0 Å². The zero-order valence-corrected chi connectivity index (χ0v) is 9.21. The summed E-state index contributed by atoms with van der Waals surface area (Å²) in [5.41, 5.74) is 2.34. The molecule has 2 aromatic heterocycles. The number of hydrogen-bond donors (Lipinski definition) is 1. The molecule has 0 radical (unpaired) electrons. The Balaban J connectivity index is 2.38. The van der Waals surface area contributed by atoms with E-state index in [2.05, 4.69) is 10.3 Å². The topological polar surface area (TPSA) is 70.7 Å². The fourth-order valence-corrected chi connectivity index (χ4v) is 1.61. The van der Waals surface area contributed by atoms with E-state index in [1.807, 2.05) is 18.3 Å². The molecule has 0 aliphatic carbocycles. The molecule has 0 aromatic carbocycles. The average molecular weight is 226 g/mol. The molecule has 0 aliphatic rings. The molecule has 0 saturated carbocycles. The van der Waals surface area contributed by atoms with Crippen LogP contribution in [0.3, 0.4) is 0 Å². The number of nitrogens with zero attached hydrogens (tertiary/aromatic N) is 3. The molecule has 0 bridgehead atoms. The first-order valence-electron chi connectivity index (χ1n) is 4.98. The van der Waals surface area contributed by atoms with Crippen LogP contribution in [0.4, 0.5) is 0 Å². The predicted octanol–water partition coefficient (Wildman–Crippen LogP) is 1.30. The first-order valence-corrected chi connectivity index (χ1v) is 4.98. The van der Waals surface area contributed by atoms with E-state index >= 15 is 0 Å². The number of pyridine rings is 1. The molecule has 1 amide bonds. The third-order valence-corrected chi connectivity index (χ3v) is 2.42. The predicted molar refractivity (Wildman–Crippen MR) is 61.7 cm³/mol. The molecule has 5 heteroatoms. The lowest BCUT2D eigenvalue weighted by Gasteiger charge is -1.97. The van der Waals surface area contributed by atoms with Gasteiger partial charge in [0.2, 0.25) is 0 Å². The summed E-state index contributed by atoms with van der Waals surface area (Å²) in [6.45, 7) is 0. The van der Waals surface area contributed by atoms with Gasteiger partial charge in [-0.2, -0.15) is 5.26 Å². The standard InChI is InChI=1S/C12H10N4O/c1-16-7-10(9-2-4-14-5-3-9)6-11(16)12(17)15-8-13/h2-7H,1H3,(H,15,17). The van der Waals surface area contributed by atoms with Gasteiger partial charge in [-0.15, -0.1) is 0 Å². The Bertz CT molecular complexity index is 580. The van der Waals surface area contributed by atoms with Crippen molar-refractivity contribution in [2.45, 2.75) is 0 Å². The Labute approximate surface area is 98.3 Å². The molecule has 17 heavy (non-hydrogen) atoms. The van der Waals surface area contributed by atoms with Crippen LogP contribution in [-0.2, 0) is 7.05 Å². The van der Waals surface area contributed by atoms with E-state index in [4.69, 9.17) is 5.26 Å². The number of hydrogen-bond acceptors (Lipinski definition) is 3. The fourth-order valence-electron chi connectivity index (χ4n) is 1.61. The molecule has 2 aromatic rings. The Morgan fingerprint density at radius 2 is 2.12 bits per heavy atom. The summed E-state index contributed by atoms with van der Waals surface area (Å²) in [5.74, 6) is -0.407. The SMILES string of the molecule is Cn1cc(-c2ccncc2)cc1C(=O)NC#N. The lowest BCUT2D eigenvalue weighted by Crippen LogP contribution is -2.19. The number of nitriles is 1. The molecular weight excluding hydrogens is 216 g/mol. The van der Waals surface area contributed by atoms with Crippen LogP contribution in [0, 0.1) is 11.5 Å². The number of aryl methyl sites for hydroxylation is 1. The summed E-state index contributed by atoms with van der Waals surface area (Å²) < 4.78 is 1.68. The average Bonchev–Trinajstić information content (AvgIpc) is 2.73. The van der Waals surface area contributed by atoms with Crippen LogP contribution in [0.25, 0.3) is 11.1 Å². The molecule has 2 rings (SSSR count). The number of nitrogens with one attached hydrogen (secondary N) is 1. The molecule has 2 heterocycles. The zero-order valence-electron chi connectivity index (χ0n) is 9.21. The maximum absolute atomic E-state index is 11.5. The van der Waals surface area contributed by atoms with Crippen LogP contribution in [0.1, 0.15) is 10.5 Å². The van der Waals surface area contributed by atoms with Crippen molar-refractivity contribution in [3.63, 3.8) is 0 Å². The van der Waals surface area contributed by atoms with Gasteiger partial charge in [-0.3, -0.25) is 15.1 Å². The summed E-state index contributed by atoms with van der Waals surface area (Å²) in [6, 6.07) is 5.46. The maximum atomic E-state index is 11.5. The Morgan fingerprint density at radius 3 is 2.76 bits per heavy atom. The van der Waals surface area contributed by atoms with Crippen LogP contribution < -0.4 is 5.32 Å². The van der Waals surface area contributed by atoms with Gasteiger partial charge in [0.15, 0.2) is 6.19 Å². The van der Waals surface area contributed by atoms with E-state index in [-0.39, 0.29) is 0 Å². The molecule has 0 atom stereocenters. The third-order valence-electron chi connectivity index (χ3n) is 2.42. The molecule has 0 unspecified atom stereocenters. The number of carbonyl (C=O) groups excluding carboxylic acids is 1. The lowest BCUT2D eigenvalue weighted by molar-refractivity contribution is 0.0965. The van der Waals surface area contributed by atoms with E-state index in [9.17, 15) is 4.79 Å². The van der Waals surface area contributed by atoms with E-state index in [1.54, 1.807) is 36.3 Å². The van der Waals surface area contributed by atoms with Gasteiger partial charge in [0.1, 0.15) is 5.69 Å². The Hall–Kier alpha value is -2.61. The van der Waals surface area contributed by atoms with Gasteiger partial charge in [0, 0.05) is 31.2 Å². The van der Waals surface area contributed by atoms with Crippen LogP contribution in [0.2, 0.25) is 0 Å². The van der Waals surface area contributed by atoms with Crippen molar-refractivity contribution in [1.82, 2.24) is 14.9 Å². The summed E-state index contributed by atoms with van der Waals surface area (Å²) in [5, 5.41) is 10.5. The second kappa shape index (κ2) is 4.49. The quantitative estimate of drug-likeness (QED) is 0.619. The molecule has 0 saturated heterocycles. The largest absolute Gasteiger partial charge is 0.346 e. The maximum Gasteiger partial charge on any atom is 0.280 e. The normalized spacial score (nSPS) is 9.65. The van der Waals surface area contributed by atoms with E-state index in [0.717, 1.165) is 11.1 Å². The minimum Gasteiger partial charge on any atom is -0.346 e. The highest BCUT2D eigenvalue weighted by Crippen LogP contribution is 2.20. The highest BCUT2D eigenvalue weighted by atomic mass is 16.1. The number of aromatic nitrogens is 2. The smallest absolute Gasteiger partial charge is 0.280 e. The summed E-state index contributed by atoms with van der Waals surface area (Å²) in [4.78, 5) is 15.5.